The van der Waals surface area contributed by atoms with Crippen LogP contribution in [0.1, 0.15) is 20.8 Å². The van der Waals surface area contributed by atoms with Gasteiger partial charge in [-0.05, 0) is 39.0 Å². The minimum atomic E-state index is -0.740. The average molecular weight is 269 g/mol. The summed E-state index contributed by atoms with van der Waals surface area (Å²) in [6, 6.07) is 7.80. The predicted octanol–water partition coefficient (Wildman–Crippen LogP) is 2.28. The highest BCUT2D eigenvalue weighted by Crippen LogP contribution is 2.29. The number of nitrogens with zero attached hydrogens (tertiary/aromatic N) is 1. The number of benzene rings is 1. The molecule has 1 aliphatic rings. The van der Waals surface area contributed by atoms with Crippen LogP contribution >= 0.6 is 11.6 Å². The van der Waals surface area contributed by atoms with Gasteiger partial charge < -0.3 is 15.3 Å². The van der Waals surface area contributed by atoms with Gasteiger partial charge in [0.15, 0.2) is 0 Å². The van der Waals surface area contributed by atoms with Gasteiger partial charge in [0.05, 0.1) is 5.60 Å². The molecule has 2 rings (SSSR count). The van der Waals surface area contributed by atoms with Crippen molar-refractivity contribution in [3.8, 4) is 0 Å². The molecule has 1 aromatic rings. The van der Waals surface area contributed by atoms with Gasteiger partial charge in [0.1, 0.15) is 0 Å². The Bertz CT molecular complexity index is 432. The zero-order valence-electron chi connectivity index (χ0n) is 11.2. The Morgan fingerprint density at radius 3 is 2.67 bits per heavy atom. The molecule has 1 saturated heterocycles. The number of aliphatic hydroxyl groups is 1. The lowest BCUT2D eigenvalue weighted by atomic mass is 10.00. The molecule has 0 saturated carbocycles. The number of anilines is 1. The van der Waals surface area contributed by atoms with Crippen molar-refractivity contribution in [1.29, 1.82) is 0 Å². The third-order valence-corrected chi connectivity index (χ3v) is 3.65. The van der Waals surface area contributed by atoms with Crippen LogP contribution in [0.15, 0.2) is 24.3 Å². The second-order valence-electron chi connectivity index (χ2n) is 5.98. The van der Waals surface area contributed by atoms with E-state index in [1.807, 2.05) is 31.2 Å². The first-order chi connectivity index (χ1) is 8.30. The van der Waals surface area contributed by atoms with Crippen LogP contribution in [0.3, 0.4) is 0 Å². The fraction of sp³-hybridized carbons (Fsp3) is 0.571. The number of nitrogens with one attached hydrogen (secondary N) is 1. The first-order valence-corrected chi connectivity index (χ1v) is 6.64. The lowest BCUT2D eigenvalue weighted by Gasteiger charge is -2.41. The molecule has 4 heteroatoms. The maximum atomic E-state index is 10.4. The van der Waals surface area contributed by atoms with Crippen molar-refractivity contribution in [1.82, 2.24) is 5.32 Å². The Labute approximate surface area is 114 Å². The van der Waals surface area contributed by atoms with Gasteiger partial charge >= 0.3 is 0 Å². The maximum Gasteiger partial charge on any atom is 0.0917 e. The molecular weight excluding hydrogens is 248 g/mol. The first kappa shape index (κ1) is 13.7. The molecule has 3 nitrogen and oxygen atoms in total. The number of hydrogen-bond acceptors (Lipinski definition) is 3. The van der Waals surface area contributed by atoms with Gasteiger partial charge in [0.2, 0.25) is 0 Å². The molecule has 0 spiro atoms. The van der Waals surface area contributed by atoms with Gasteiger partial charge in [-0.1, -0.05) is 17.7 Å². The van der Waals surface area contributed by atoms with Crippen LogP contribution in [0.2, 0.25) is 5.02 Å². The minimum absolute atomic E-state index is 0.0643. The topological polar surface area (TPSA) is 35.5 Å². The van der Waals surface area contributed by atoms with Gasteiger partial charge in [-0.3, -0.25) is 0 Å². The number of halogens is 1. The van der Waals surface area contributed by atoms with E-state index < -0.39 is 5.60 Å². The molecule has 0 aliphatic carbocycles. The van der Waals surface area contributed by atoms with Crippen LogP contribution in [0, 0.1) is 0 Å². The Morgan fingerprint density at radius 2 is 2.00 bits per heavy atom. The van der Waals surface area contributed by atoms with Crippen molar-refractivity contribution < 1.29 is 5.11 Å². The van der Waals surface area contributed by atoms with Crippen LogP contribution in [0.5, 0.6) is 0 Å². The van der Waals surface area contributed by atoms with Crippen molar-refractivity contribution in [2.24, 2.45) is 0 Å². The van der Waals surface area contributed by atoms with E-state index >= 15 is 0 Å². The first-order valence-electron chi connectivity index (χ1n) is 6.27. The highest BCUT2D eigenvalue weighted by molar-refractivity contribution is 6.30. The van der Waals surface area contributed by atoms with Crippen LogP contribution in [0.25, 0.3) is 0 Å². The summed E-state index contributed by atoms with van der Waals surface area (Å²) in [5.41, 5.74) is 0.248. The lowest BCUT2D eigenvalue weighted by molar-refractivity contribution is 0.0720. The standard InChI is InChI=1S/C14H21ClN2O/c1-13(2)8-16-9-14(3,18)10-17(13)12-6-4-5-11(15)7-12/h4-7,16,18H,8-10H2,1-3H3. The normalized spacial score (nSPS) is 27.9. The van der Waals surface area contributed by atoms with E-state index in [1.165, 1.54) is 0 Å². The summed E-state index contributed by atoms with van der Waals surface area (Å²) in [7, 11) is 0. The average Bonchev–Trinajstić information content (AvgIpc) is 2.35. The Morgan fingerprint density at radius 1 is 1.28 bits per heavy atom. The zero-order valence-corrected chi connectivity index (χ0v) is 12.0. The SMILES string of the molecule is CC1(O)CNCC(C)(C)N(c2cccc(Cl)c2)C1. The second-order valence-corrected chi connectivity index (χ2v) is 6.42. The smallest absolute Gasteiger partial charge is 0.0917 e. The quantitative estimate of drug-likeness (QED) is 0.820. The number of hydrogen-bond donors (Lipinski definition) is 2. The maximum absolute atomic E-state index is 10.4. The molecule has 2 N–H and O–H groups in total. The third-order valence-electron chi connectivity index (χ3n) is 3.41. The van der Waals surface area contributed by atoms with Gasteiger partial charge in [0.25, 0.3) is 0 Å². The molecule has 0 amide bonds. The molecule has 1 aromatic carbocycles. The number of β-amino-alcohol motifs (C(OH)–C–C–N with tert-alkyl or cyclic N) is 1. The molecular formula is C14H21ClN2O. The summed E-state index contributed by atoms with van der Waals surface area (Å²) in [6.07, 6.45) is 0. The largest absolute Gasteiger partial charge is 0.387 e. The molecule has 18 heavy (non-hydrogen) atoms. The lowest BCUT2D eigenvalue weighted by Crippen LogP contribution is -2.51. The van der Waals surface area contributed by atoms with Gasteiger partial charge in [0, 0.05) is 35.9 Å². The summed E-state index contributed by atoms with van der Waals surface area (Å²) < 4.78 is 0. The Balaban J connectivity index is 2.37. The summed E-state index contributed by atoms with van der Waals surface area (Å²) in [6.45, 7) is 8.22. The summed E-state index contributed by atoms with van der Waals surface area (Å²) in [5.74, 6) is 0. The summed E-state index contributed by atoms with van der Waals surface area (Å²) in [4.78, 5) is 2.22. The van der Waals surface area contributed by atoms with E-state index in [1.54, 1.807) is 0 Å². The molecule has 0 bridgehead atoms. The molecule has 100 valence electrons. The van der Waals surface area contributed by atoms with Crippen molar-refractivity contribution in [2.75, 3.05) is 24.5 Å². The molecule has 1 heterocycles. The Kier molecular flexibility index (Phi) is 3.58. The second kappa shape index (κ2) is 4.72. The fourth-order valence-electron chi connectivity index (χ4n) is 2.43. The van der Waals surface area contributed by atoms with Gasteiger partial charge in [-0.25, -0.2) is 0 Å². The molecule has 0 aromatic heterocycles. The number of rotatable bonds is 1. The summed E-state index contributed by atoms with van der Waals surface area (Å²) >= 11 is 6.06. The van der Waals surface area contributed by atoms with Crippen LogP contribution in [0.4, 0.5) is 5.69 Å². The molecule has 1 fully saturated rings. The van der Waals surface area contributed by atoms with Crippen molar-refractivity contribution in [3.63, 3.8) is 0 Å². The highest BCUT2D eigenvalue weighted by atomic mass is 35.5. The molecule has 0 radical (unpaired) electrons. The predicted molar refractivity (Wildman–Crippen MR) is 76.4 cm³/mol. The molecule has 1 unspecified atom stereocenters. The Hall–Kier alpha value is -0.770. The van der Waals surface area contributed by atoms with Crippen molar-refractivity contribution >= 4 is 17.3 Å². The van der Waals surface area contributed by atoms with Gasteiger partial charge in [-0.2, -0.15) is 0 Å². The zero-order chi connectivity index (χ0) is 13.4. The van der Waals surface area contributed by atoms with E-state index in [9.17, 15) is 5.11 Å². The van der Waals surface area contributed by atoms with E-state index in [4.69, 9.17) is 11.6 Å². The van der Waals surface area contributed by atoms with Crippen LogP contribution in [-0.4, -0.2) is 35.9 Å². The summed E-state index contributed by atoms with van der Waals surface area (Å²) in [5, 5.41) is 14.4. The molecule has 1 aliphatic heterocycles. The van der Waals surface area contributed by atoms with Crippen LogP contribution < -0.4 is 10.2 Å². The monoisotopic (exact) mass is 268 g/mol. The molecule has 1 atom stereocenters. The van der Waals surface area contributed by atoms with E-state index in [0.717, 1.165) is 17.3 Å². The van der Waals surface area contributed by atoms with E-state index in [2.05, 4.69) is 24.1 Å². The van der Waals surface area contributed by atoms with E-state index in [-0.39, 0.29) is 5.54 Å². The third kappa shape index (κ3) is 2.97. The fourth-order valence-corrected chi connectivity index (χ4v) is 2.61. The van der Waals surface area contributed by atoms with Crippen molar-refractivity contribution in [2.45, 2.75) is 31.9 Å². The van der Waals surface area contributed by atoms with Crippen LogP contribution in [-0.2, 0) is 0 Å². The van der Waals surface area contributed by atoms with Crippen molar-refractivity contribution in [3.05, 3.63) is 29.3 Å². The van der Waals surface area contributed by atoms with Gasteiger partial charge in [-0.15, -0.1) is 0 Å². The minimum Gasteiger partial charge on any atom is -0.387 e. The van der Waals surface area contributed by atoms with E-state index in [0.29, 0.717) is 13.1 Å². The highest BCUT2D eigenvalue weighted by Gasteiger charge is 2.36.